The van der Waals surface area contributed by atoms with Gasteiger partial charge in [0.05, 0.1) is 12.7 Å². The third-order valence-electron chi connectivity index (χ3n) is 6.42. The molecule has 126 valence electrons. The van der Waals surface area contributed by atoms with Gasteiger partial charge in [0.25, 0.3) is 0 Å². The van der Waals surface area contributed by atoms with Gasteiger partial charge in [-0.1, -0.05) is 43.2 Å². The van der Waals surface area contributed by atoms with E-state index in [0.717, 1.165) is 24.9 Å². The van der Waals surface area contributed by atoms with Crippen molar-refractivity contribution in [2.24, 2.45) is 11.8 Å². The van der Waals surface area contributed by atoms with Crippen LogP contribution in [-0.2, 0) is 10.3 Å². The number of benzene rings is 1. The van der Waals surface area contributed by atoms with E-state index in [2.05, 4.69) is 17.0 Å². The van der Waals surface area contributed by atoms with Crippen molar-refractivity contribution in [2.75, 3.05) is 26.2 Å². The molecule has 2 atom stereocenters. The third kappa shape index (κ3) is 3.07. The van der Waals surface area contributed by atoms with Gasteiger partial charge in [-0.2, -0.15) is 0 Å². The predicted octanol–water partition coefficient (Wildman–Crippen LogP) is 3.18. The fraction of sp³-hybridized carbons (Fsp3) is 0.700. The van der Waals surface area contributed by atoms with E-state index >= 15 is 0 Å². The molecule has 1 aromatic rings. The average molecular weight is 315 g/mol. The first kappa shape index (κ1) is 15.6. The molecule has 1 N–H and O–H groups in total. The number of rotatable bonds is 5. The standard InChI is InChI=1S/C20H29NO2/c22-20(18-8-4-5-9-18,17-6-2-1-3-7-17)15-23-19-14-21-12-10-16(19)11-13-21/h1-3,6-7,16,18-19,22H,4-5,8-15H2/t19-,20?/m0/s1. The van der Waals surface area contributed by atoms with Crippen LogP contribution < -0.4 is 0 Å². The highest BCUT2D eigenvalue weighted by Gasteiger charge is 2.42. The van der Waals surface area contributed by atoms with Crippen LogP contribution in [0.4, 0.5) is 0 Å². The zero-order valence-electron chi connectivity index (χ0n) is 14.0. The Kier molecular flexibility index (Phi) is 4.44. The Morgan fingerprint density at radius 1 is 1.04 bits per heavy atom. The van der Waals surface area contributed by atoms with Gasteiger partial charge < -0.3 is 14.7 Å². The molecule has 4 aliphatic rings. The van der Waals surface area contributed by atoms with Crippen molar-refractivity contribution in [3.05, 3.63) is 35.9 Å². The minimum absolute atomic E-state index is 0.314. The smallest absolute Gasteiger partial charge is 0.116 e. The van der Waals surface area contributed by atoms with E-state index in [9.17, 15) is 5.11 Å². The van der Waals surface area contributed by atoms with E-state index in [4.69, 9.17) is 4.74 Å². The summed E-state index contributed by atoms with van der Waals surface area (Å²) in [6.07, 6.45) is 7.55. The molecule has 1 aliphatic carbocycles. The summed E-state index contributed by atoms with van der Waals surface area (Å²) in [5.41, 5.74) is 0.220. The van der Waals surface area contributed by atoms with E-state index in [-0.39, 0.29) is 0 Å². The van der Waals surface area contributed by atoms with Gasteiger partial charge in [-0.05, 0) is 56.2 Å². The minimum atomic E-state index is -0.816. The maximum atomic E-state index is 11.5. The normalized spacial score (nSPS) is 33.7. The van der Waals surface area contributed by atoms with E-state index < -0.39 is 5.60 Å². The molecule has 3 heterocycles. The summed E-state index contributed by atoms with van der Waals surface area (Å²) in [5.74, 6) is 1.04. The summed E-state index contributed by atoms with van der Waals surface area (Å²) < 4.78 is 6.36. The first-order chi connectivity index (χ1) is 11.3. The maximum Gasteiger partial charge on any atom is 0.116 e. The van der Waals surface area contributed by atoms with Crippen molar-refractivity contribution in [3.8, 4) is 0 Å². The summed E-state index contributed by atoms with van der Waals surface area (Å²) >= 11 is 0. The van der Waals surface area contributed by atoms with E-state index in [1.165, 1.54) is 38.8 Å². The average Bonchev–Trinajstić information content (AvgIpc) is 3.17. The monoisotopic (exact) mass is 315 g/mol. The third-order valence-corrected chi connectivity index (χ3v) is 6.42. The molecule has 1 unspecified atom stereocenters. The predicted molar refractivity (Wildman–Crippen MR) is 91.2 cm³/mol. The van der Waals surface area contributed by atoms with Crippen LogP contribution in [-0.4, -0.2) is 42.4 Å². The quantitative estimate of drug-likeness (QED) is 0.906. The summed E-state index contributed by atoms with van der Waals surface area (Å²) in [5, 5.41) is 11.5. The van der Waals surface area contributed by atoms with E-state index in [1.54, 1.807) is 0 Å². The van der Waals surface area contributed by atoms with Crippen LogP contribution in [0.1, 0.15) is 44.1 Å². The number of piperidine rings is 3. The molecule has 0 radical (unpaired) electrons. The molecule has 1 saturated carbocycles. The van der Waals surface area contributed by atoms with E-state index in [1.807, 2.05) is 18.2 Å². The number of nitrogens with zero attached hydrogens (tertiary/aromatic N) is 1. The van der Waals surface area contributed by atoms with Gasteiger partial charge in [0.15, 0.2) is 0 Å². The molecule has 3 saturated heterocycles. The van der Waals surface area contributed by atoms with Gasteiger partial charge in [0.1, 0.15) is 5.60 Å². The van der Waals surface area contributed by atoms with Gasteiger partial charge in [0.2, 0.25) is 0 Å². The minimum Gasteiger partial charge on any atom is -0.382 e. The van der Waals surface area contributed by atoms with Crippen LogP contribution in [0.5, 0.6) is 0 Å². The second kappa shape index (κ2) is 6.54. The van der Waals surface area contributed by atoms with Crippen LogP contribution >= 0.6 is 0 Å². The zero-order chi connectivity index (χ0) is 15.7. The fourth-order valence-corrected chi connectivity index (χ4v) is 4.90. The Morgan fingerprint density at radius 2 is 1.74 bits per heavy atom. The summed E-state index contributed by atoms with van der Waals surface area (Å²) in [7, 11) is 0. The molecule has 4 fully saturated rings. The van der Waals surface area contributed by atoms with Crippen molar-refractivity contribution < 1.29 is 9.84 Å². The summed E-state index contributed by atoms with van der Waals surface area (Å²) in [6.45, 7) is 3.98. The Labute approximate surface area is 139 Å². The van der Waals surface area contributed by atoms with Gasteiger partial charge in [-0.25, -0.2) is 0 Å². The lowest BCUT2D eigenvalue weighted by Gasteiger charge is -2.46. The Balaban J connectivity index is 1.49. The Morgan fingerprint density at radius 3 is 2.35 bits per heavy atom. The van der Waals surface area contributed by atoms with Gasteiger partial charge in [0, 0.05) is 6.54 Å². The van der Waals surface area contributed by atoms with Gasteiger partial charge in [-0.15, -0.1) is 0 Å². The molecule has 3 aliphatic heterocycles. The number of hydrogen-bond donors (Lipinski definition) is 1. The molecule has 0 spiro atoms. The zero-order valence-corrected chi connectivity index (χ0v) is 14.0. The first-order valence-electron chi connectivity index (χ1n) is 9.37. The van der Waals surface area contributed by atoms with Crippen molar-refractivity contribution in [3.63, 3.8) is 0 Å². The lowest BCUT2D eigenvalue weighted by Crippen LogP contribution is -2.53. The van der Waals surface area contributed by atoms with Gasteiger partial charge in [-0.3, -0.25) is 0 Å². The SMILES string of the molecule is OC(CO[C@H]1CN2CCC1CC2)(c1ccccc1)C1CCCC1. The molecule has 2 bridgehead atoms. The summed E-state index contributed by atoms with van der Waals surface area (Å²) in [4.78, 5) is 2.52. The molecule has 3 nitrogen and oxygen atoms in total. The van der Waals surface area contributed by atoms with Gasteiger partial charge >= 0.3 is 0 Å². The van der Waals surface area contributed by atoms with Crippen molar-refractivity contribution >= 4 is 0 Å². The largest absolute Gasteiger partial charge is 0.382 e. The number of aliphatic hydroxyl groups is 1. The second-order valence-corrected chi connectivity index (χ2v) is 7.76. The lowest BCUT2D eigenvalue weighted by atomic mass is 9.80. The second-order valence-electron chi connectivity index (χ2n) is 7.76. The number of fused-ring (bicyclic) bond motifs is 3. The molecular weight excluding hydrogens is 286 g/mol. The first-order valence-corrected chi connectivity index (χ1v) is 9.37. The Hall–Kier alpha value is -0.900. The van der Waals surface area contributed by atoms with Crippen LogP contribution in [0.25, 0.3) is 0 Å². The lowest BCUT2D eigenvalue weighted by molar-refractivity contribution is -0.143. The molecule has 23 heavy (non-hydrogen) atoms. The number of ether oxygens (including phenoxy) is 1. The molecule has 3 heteroatoms. The maximum absolute atomic E-state index is 11.5. The van der Waals surface area contributed by atoms with Crippen molar-refractivity contribution in [1.29, 1.82) is 0 Å². The molecule has 0 amide bonds. The van der Waals surface area contributed by atoms with Crippen LogP contribution in [0.15, 0.2) is 30.3 Å². The number of hydrogen-bond acceptors (Lipinski definition) is 3. The molecule has 0 aromatic heterocycles. The van der Waals surface area contributed by atoms with Crippen LogP contribution in [0.3, 0.4) is 0 Å². The Bertz CT molecular complexity index is 506. The highest BCUT2D eigenvalue weighted by Crippen LogP contribution is 2.41. The fourth-order valence-electron chi connectivity index (χ4n) is 4.90. The highest BCUT2D eigenvalue weighted by atomic mass is 16.5. The highest BCUT2D eigenvalue weighted by molar-refractivity contribution is 5.24. The molecule has 1 aromatic carbocycles. The van der Waals surface area contributed by atoms with Crippen molar-refractivity contribution in [1.82, 2.24) is 4.90 Å². The summed E-state index contributed by atoms with van der Waals surface area (Å²) in [6, 6.07) is 10.2. The van der Waals surface area contributed by atoms with Crippen LogP contribution in [0, 0.1) is 11.8 Å². The van der Waals surface area contributed by atoms with Crippen molar-refractivity contribution in [2.45, 2.75) is 50.2 Å². The topological polar surface area (TPSA) is 32.7 Å². The van der Waals surface area contributed by atoms with E-state index in [0.29, 0.717) is 24.5 Å². The molecular formula is C20H29NO2. The molecule has 5 rings (SSSR count). The van der Waals surface area contributed by atoms with Crippen LogP contribution in [0.2, 0.25) is 0 Å².